The van der Waals surface area contributed by atoms with E-state index in [-0.39, 0.29) is 23.5 Å². The lowest BCUT2D eigenvalue weighted by Gasteiger charge is -2.38. The van der Waals surface area contributed by atoms with Crippen LogP contribution in [0.15, 0.2) is 24.3 Å². The molecule has 0 radical (unpaired) electrons. The molecule has 0 aliphatic carbocycles. The van der Waals surface area contributed by atoms with Crippen molar-refractivity contribution in [1.82, 2.24) is 4.90 Å². The number of carboxylic acid groups (broad SMARTS) is 1. The average molecular weight is 277 g/mol. The highest BCUT2D eigenvalue weighted by Gasteiger charge is 2.30. The van der Waals surface area contributed by atoms with E-state index in [1.54, 1.807) is 23.1 Å². The maximum atomic E-state index is 12.3. The third kappa shape index (κ3) is 3.36. The number of morpholine rings is 1. The number of nitrogens with zero attached hydrogens (tertiary/aromatic N) is 1. The van der Waals surface area contributed by atoms with E-state index in [1.807, 2.05) is 13.8 Å². The molecule has 0 atom stereocenters. The molecule has 1 aliphatic heterocycles. The van der Waals surface area contributed by atoms with Crippen LogP contribution in [0.4, 0.5) is 0 Å². The lowest BCUT2D eigenvalue weighted by atomic mass is 10.0. The fourth-order valence-electron chi connectivity index (χ4n) is 2.39. The first kappa shape index (κ1) is 14.5. The van der Waals surface area contributed by atoms with Crippen molar-refractivity contribution in [1.29, 1.82) is 0 Å². The lowest BCUT2D eigenvalue weighted by molar-refractivity contribution is -0.145. The number of carbonyl (C=O) groups excluding carboxylic acids is 1. The van der Waals surface area contributed by atoms with Gasteiger partial charge in [-0.25, -0.2) is 4.79 Å². The van der Waals surface area contributed by atoms with Gasteiger partial charge < -0.3 is 14.7 Å². The van der Waals surface area contributed by atoms with E-state index in [9.17, 15) is 9.59 Å². The van der Waals surface area contributed by atoms with Crippen LogP contribution in [0, 0.1) is 0 Å². The summed E-state index contributed by atoms with van der Waals surface area (Å²) < 4.78 is 5.57. The van der Waals surface area contributed by atoms with Crippen LogP contribution in [-0.4, -0.2) is 47.2 Å². The smallest absolute Gasteiger partial charge is 0.335 e. The molecule has 1 fully saturated rings. The van der Waals surface area contributed by atoms with Crippen molar-refractivity contribution >= 4 is 11.9 Å². The molecule has 108 valence electrons. The van der Waals surface area contributed by atoms with Crippen molar-refractivity contribution in [3.8, 4) is 0 Å². The largest absolute Gasteiger partial charge is 0.478 e. The number of ether oxygens (including phenoxy) is 1. The minimum absolute atomic E-state index is 0.0601. The minimum atomic E-state index is -1.00. The highest BCUT2D eigenvalue weighted by atomic mass is 16.5. The standard InChI is InChI=1S/C15H19NO4/c1-15(2)10-16(7-8-20-15)13(17)9-11-5-3-4-6-12(11)14(18)19/h3-6H,7-10H2,1-2H3,(H,18,19). The van der Waals surface area contributed by atoms with Crippen LogP contribution in [0.5, 0.6) is 0 Å². The Morgan fingerprint density at radius 2 is 2.05 bits per heavy atom. The monoisotopic (exact) mass is 277 g/mol. The average Bonchev–Trinajstić information content (AvgIpc) is 2.38. The summed E-state index contributed by atoms with van der Waals surface area (Å²) >= 11 is 0. The van der Waals surface area contributed by atoms with Gasteiger partial charge in [-0.2, -0.15) is 0 Å². The molecule has 20 heavy (non-hydrogen) atoms. The van der Waals surface area contributed by atoms with E-state index in [4.69, 9.17) is 9.84 Å². The molecule has 1 aromatic rings. The van der Waals surface area contributed by atoms with Gasteiger partial charge in [0.05, 0.1) is 24.2 Å². The zero-order valence-electron chi connectivity index (χ0n) is 11.8. The SMILES string of the molecule is CC1(C)CN(C(=O)Cc2ccccc2C(=O)O)CCO1. The van der Waals surface area contributed by atoms with Crippen molar-refractivity contribution in [2.45, 2.75) is 25.9 Å². The summed E-state index contributed by atoms with van der Waals surface area (Å²) in [7, 11) is 0. The second-order valence-corrected chi connectivity index (χ2v) is 5.56. The van der Waals surface area contributed by atoms with Crippen LogP contribution in [0.3, 0.4) is 0 Å². The Morgan fingerprint density at radius 1 is 1.35 bits per heavy atom. The van der Waals surface area contributed by atoms with Gasteiger partial charge in [0.25, 0.3) is 0 Å². The fourth-order valence-corrected chi connectivity index (χ4v) is 2.39. The zero-order valence-corrected chi connectivity index (χ0v) is 11.8. The van der Waals surface area contributed by atoms with Gasteiger partial charge in [0.15, 0.2) is 0 Å². The molecule has 0 bridgehead atoms. The summed E-state index contributed by atoms with van der Waals surface area (Å²) in [6.07, 6.45) is 0.110. The molecule has 1 saturated heterocycles. The summed E-state index contributed by atoms with van der Waals surface area (Å²) in [6.45, 7) is 5.48. The van der Waals surface area contributed by atoms with Crippen LogP contribution in [-0.2, 0) is 16.0 Å². The van der Waals surface area contributed by atoms with Crippen LogP contribution < -0.4 is 0 Å². The first-order valence-electron chi connectivity index (χ1n) is 6.62. The number of benzene rings is 1. The Kier molecular flexibility index (Phi) is 4.09. The highest BCUT2D eigenvalue weighted by Crippen LogP contribution is 2.18. The molecule has 5 heteroatoms. The number of amides is 1. The number of rotatable bonds is 3. The van der Waals surface area contributed by atoms with Crippen molar-refractivity contribution in [3.05, 3.63) is 35.4 Å². The molecule has 1 aliphatic rings. The minimum Gasteiger partial charge on any atom is -0.478 e. The van der Waals surface area contributed by atoms with E-state index in [0.717, 1.165) is 0 Å². The predicted molar refractivity (Wildman–Crippen MR) is 73.7 cm³/mol. The molecule has 5 nitrogen and oxygen atoms in total. The van der Waals surface area contributed by atoms with Gasteiger partial charge in [-0.05, 0) is 25.5 Å². The number of carboxylic acids is 1. The van der Waals surface area contributed by atoms with Gasteiger partial charge in [-0.1, -0.05) is 18.2 Å². The van der Waals surface area contributed by atoms with Crippen LogP contribution in [0.25, 0.3) is 0 Å². The molecule has 1 N–H and O–H groups in total. The van der Waals surface area contributed by atoms with Crippen molar-refractivity contribution < 1.29 is 19.4 Å². The first-order chi connectivity index (χ1) is 9.39. The van der Waals surface area contributed by atoms with Crippen molar-refractivity contribution in [3.63, 3.8) is 0 Å². The highest BCUT2D eigenvalue weighted by molar-refractivity contribution is 5.91. The zero-order chi connectivity index (χ0) is 14.8. The van der Waals surface area contributed by atoms with Crippen LogP contribution in [0.1, 0.15) is 29.8 Å². The van der Waals surface area contributed by atoms with Gasteiger partial charge in [0.2, 0.25) is 5.91 Å². The number of aromatic carboxylic acids is 1. The number of carbonyl (C=O) groups is 2. The van der Waals surface area contributed by atoms with Crippen molar-refractivity contribution in [2.75, 3.05) is 19.7 Å². The van der Waals surface area contributed by atoms with Gasteiger partial charge >= 0.3 is 5.97 Å². The lowest BCUT2D eigenvalue weighted by Crippen LogP contribution is -2.51. The molecular weight excluding hydrogens is 258 g/mol. The Labute approximate surface area is 118 Å². The summed E-state index contributed by atoms with van der Waals surface area (Å²) in [5, 5.41) is 9.13. The Bertz CT molecular complexity index is 524. The van der Waals surface area contributed by atoms with E-state index < -0.39 is 5.97 Å². The number of hydrogen-bond acceptors (Lipinski definition) is 3. The Balaban J connectivity index is 2.10. The van der Waals surface area contributed by atoms with E-state index >= 15 is 0 Å². The molecular formula is C15H19NO4. The molecule has 1 heterocycles. The molecule has 0 aromatic heterocycles. The summed E-state index contributed by atoms with van der Waals surface area (Å²) in [4.78, 5) is 25.2. The maximum Gasteiger partial charge on any atom is 0.335 e. The van der Waals surface area contributed by atoms with Crippen molar-refractivity contribution in [2.24, 2.45) is 0 Å². The summed E-state index contributed by atoms with van der Waals surface area (Å²) in [5.74, 6) is -1.06. The van der Waals surface area contributed by atoms with Gasteiger partial charge in [-0.15, -0.1) is 0 Å². The topological polar surface area (TPSA) is 66.8 Å². The van der Waals surface area contributed by atoms with Crippen LogP contribution in [0.2, 0.25) is 0 Å². The predicted octanol–water partition coefficient (Wildman–Crippen LogP) is 1.56. The second-order valence-electron chi connectivity index (χ2n) is 5.56. The Hall–Kier alpha value is -1.88. The van der Waals surface area contributed by atoms with Gasteiger partial charge in [0.1, 0.15) is 0 Å². The molecule has 0 spiro atoms. The quantitative estimate of drug-likeness (QED) is 0.910. The molecule has 2 rings (SSSR count). The third-order valence-corrected chi connectivity index (χ3v) is 3.37. The Morgan fingerprint density at radius 3 is 2.70 bits per heavy atom. The summed E-state index contributed by atoms with van der Waals surface area (Å²) in [5.41, 5.74) is 0.392. The third-order valence-electron chi connectivity index (χ3n) is 3.37. The molecule has 0 unspecified atom stereocenters. The number of hydrogen-bond donors (Lipinski definition) is 1. The molecule has 1 amide bonds. The molecule has 1 aromatic carbocycles. The van der Waals surface area contributed by atoms with Gasteiger partial charge in [-0.3, -0.25) is 4.79 Å². The van der Waals surface area contributed by atoms with E-state index in [1.165, 1.54) is 6.07 Å². The second kappa shape index (κ2) is 5.63. The van der Waals surface area contributed by atoms with E-state index in [0.29, 0.717) is 25.3 Å². The van der Waals surface area contributed by atoms with E-state index in [2.05, 4.69) is 0 Å². The summed E-state index contributed by atoms with van der Waals surface area (Å²) in [6, 6.07) is 6.62. The van der Waals surface area contributed by atoms with Gasteiger partial charge in [0, 0.05) is 13.1 Å². The van der Waals surface area contributed by atoms with Crippen LogP contribution >= 0.6 is 0 Å². The fraction of sp³-hybridized carbons (Fsp3) is 0.467. The molecule has 0 saturated carbocycles. The normalized spacial score (nSPS) is 17.8. The maximum absolute atomic E-state index is 12.3. The first-order valence-corrected chi connectivity index (χ1v) is 6.62.